The molecule has 0 saturated carbocycles. The molecule has 1 saturated heterocycles. The number of para-hydroxylation sites is 1. The van der Waals surface area contributed by atoms with Crippen LogP contribution in [0.25, 0.3) is 10.9 Å². The summed E-state index contributed by atoms with van der Waals surface area (Å²) in [5.41, 5.74) is 3.82. The van der Waals surface area contributed by atoms with Crippen molar-refractivity contribution < 1.29 is 0 Å². The van der Waals surface area contributed by atoms with Crippen LogP contribution in [0.5, 0.6) is 0 Å². The van der Waals surface area contributed by atoms with E-state index in [1.165, 1.54) is 29.3 Å². The monoisotopic (exact) mass is 359 g/mol. The van der Waals surface area contributed by atoms with Gasteiger partial charge in [0.2, 0.25) is 0 Å². The smallest absolute Gasteiger partial charge is 0.131 e. The van der Waals surface area contributed by atoms with Gasteiger partial charge >= 0.3 is 0 Å². The van der Waals surface area contributed by atoms with Crippen molar-refractivity contribution in [2.75, 3.05) is 13.1 Å². The molecular weight excluding hydrogens is 341 g/mol. The maximum absolute atomic E-state index is 6.00. The third kappa shape index (κ3) is 3.30. The van der Waals surface area contributed by atoms with Crippen LogP contribution in [-0.2, 0) is 6.54 Å². The Morgan fingerprint density at radius 3 is 2.54 bits per heavy atom. The summed E-state index contributed by atoms with van der Waals surface area (Å²) in [6, 6.07) is 12.4. The van der Waals surface area contributed by atoms with Gasteiger partial charge in [-0.05, 0) is 61.2 Å². The molecular formula is C19H19Cl2N3. The predicted octanol–water partition coefficient (Wildman–Crippen LogP) is 5.25. The first-order chi connectivity index (χ1) is 11.7. The van der Waals surface area contributed by atoms with Crippen LogP contribution in [0.1, 0.15) is 29.9 Å². The van der Waals surface area contributed by atoms with E-state index in [-0.39, 0.29) is 0 Å². The molecule has 124 valence electrons. The Kier molecular flexibility index (Phi) is 4.49. The SMILES string of the molecule is Clc1cc(CN2CCC(c3c[nH]c4ccccc34)CC2)cc(Cl)n1. The van der Waals surface area contributed by atoms with Crippen LogP contribution in [0.3, 0.4) is 0 Å². The van der Waals surface area contributed by atoms with Crippen molar-refractivity contribution in [1.82, 2.24) is 14.9 Å². The standard InChI is InChI=1S/C19H19Cl2N3/c20-18-9-13(10-19(21)23-18)12-24-7-5-14(6-8-24)16-11-22-17-4-2-1-3-15(16)17/h1-4,9-11,14,22H,5-8,12H2. The highest BCUT2D eigenvalue weighted by Crippen LogP contribution is 2.33. The Morgan fingerprint density at radius 2 is 1.79 bits per heavy atom. The molecule has 0 atom stereocenters. The molecule has 1 N–H and O–H groups in total. The maximum Gasteiger partial charge on any atom is 0.131 e. The molecule has 0 radical (unpaired) electrons. The number of likely N-dealkylation sites (tertiary alicyclic amines) is 1. The zero-order valence-electron chi connectivity index (χ0n) is 13.3. The van der Waals surface area contributed by atoms with Crippen molar-refractivity contribution in [3.63, 3.8) is 0 Å². The average molecular weight is 360 g/mol. The van der Waals surface area contributed by atoms with E-state index in [1.807, 2.05) is 12.1 Å². The quantitative estimate of drug-likeness (QED) is 0.647. The minimum absolute atomic E-state index is 0.464. The molecule has 0 spiro atoms. The van der Waals surface area contributed by atoms with Gasteiger partial charge in [0.15, 0.2) is 0 Å². The fourth-order valence-corrected chi connectivity index (χ4v) is 4.20. The second-order valence-electron chi connectivity index (χ2n) is 6.46. The van der Waals surface area contributed by atoms with Crippen LogP contribution in [0, 0.1) is 0 Å². The summed E-state index contributed by atoms with van der Waals surface area (Å²) >= 11 is 12.0. The number of aromatic amines is 1. The summed E-state index contributed by atoms with van der Waals surface area (Å²) in [6.07, 6.45) is 4.54. The van der Waals surface area contributed by atoms with E-state index in [0.29, 0.717) is 16.2 Å². The molecule has 0 amide bonds. The number of pyridine rings is 1. The summed E-state index contributed by atoms with van der Waals surface area (Å²) in [4.78, 5) is 9.88. The van der Waals surface area contributed by atoms with E-state index in [2.05, 4.69) is 45.3 Å². The number of nitrogens with zero attached hydrogens (tertiary/aromatic N) is 2. The van der Waals surface area contributed by atoms with Crippen molar-refractivity contribution >= 4 is 34.1 Å². The third-order valence-corrected chi connectivity index (χ3v) is 5.26. The number of hydrogen-bond acceptors (Lipinski definition) is 2. The zero-order chi connectivity index (χ0) is 16.5. The first kappa shape index (κ1) is 15.9. The predicted molar refractivity (Wildman–Crippen MR) is 99.8 cm³/mol. The fourth-order valence-electron chi connectivity index (χ4n) is 3.70. The molecule has 1 aliphatic rings. The number of halogens is 2. The summed E-state index contributed by atoms with van der Waals surface area (Å²) in [5, 5.41) is 2.29. The average Bonchev–Trinajstić information content (AvgIpc) is 2.99. The van der Waals surface area contributed by atoms with E-state index in [1.54, 1.807) is 0 Å². The molecule has 1 fully saturated rings. The van der Waals surface area contributed by atoms with Gasteiger partial charge < -0.3 is 4.98 Å². The highest BCUT2D eigenvalue weighted by molar-refractivity contribution is 6.32. The van der Waals surface area contributed by atoms with Crippen LogP contribution in [0.4, 0.5) is 0 Å². The van der Waals surface area contributed by atoms with Crippen molar-refractivity contribution in [3.8, 4) is 0 Å². The Balaban J connectivity index is 1.43. The molecule has 0 unspecified atom stereocenters. The second kappa shape index (κ2) is 6.75. The van der Waals surface area contributed by atoms with E-state index in [9.17, 15) is 0 Å². The van der Waals surface area contributed by atoms with Gasteiger partial charge in [0.05, 0.1) is 0 Å². The summed E-state index contributed by atoms with van der Waals surface area (Å²) in [5.74, 6) is 0.627. The van der Waals surface area contributed by atoms with Crippen molar-refractivity contribution in [2.45, 2.75) is 25.3 Å². The molecule has 5 heteroatoms. The molecule has 4 rings (SSSR count). The van der Waals surface area contributed by atoms with Crippen molar-refractivity contribution in [2.24, 2.45) is 0 Å². The first-order valence-electron chi connectivity index (χ1n) is 8.29. The number of benzene rings is 1. The molecule has 0 bridgehead atoms. The van der Waals surface area contributed by atoms with Gasteiger partial charge in [-0.25, -0.2) is 4.98 Å². The van der Waals surface area contributed by atoms with Gasteiger partial charge in [0.1, 0.15) is 10.3 Å². The van der Waals surface area contributed by atoms with Gasteiger partial charge in [0.25, 0.3) is 0 Å². The van der Waals surface area contributed by atoms with Crippen molar-refractivity contribution in [3.05, 3.63) is 64.0 Å². The van der Waals surface area contributed by atoms with Crippen LogP contribution in [0.15, 0.2) is 42.6 Å². The van der Waals surface area contributed by atoms with Gasteiger partial charge in [-0.1, -0.05) is 41.4 Å². The van der Waals surface area contributed by atoms with E-state index >= 15 is 0 Å². The van der Waals surface area contributed by atoms with E-state index in [4.69, 9.17) is 23.2 Å². The Hall–Kier alpha value is -1.55. The third-order valence-electron chi connectivity index (χ3n) is 4.88. The Labute approximate surface area is 151 Å². The maximum atomic E-state index is 6.00. The van der Waals surface area contributed by atoms with E-state index < -0.39 is 0 Å². The van der Waals surface area contributed by atoms with Gasteiger partial charge in [0, 0.05) is 23.6 Å². The Bertz CT molecular complexity index is 830. The van der Waals surface area contributed by atoms with Gasteiger partial charge in [-0.15, -0.1) is 0 Å². The second-order valence-corrected chi connectivity index (χ2v) is 7.24. The lowest BCUT2D eigenvalue weighted by Gasteiger charge is -2.32. The molecule has 0 aliphatic carbocycles. The zero-order valence-corrected chi connectivity index (χ0v) is 14.8. The molecule has 3 aromatic rings. The van der Waals surface area contributed by atoms with Crippen LogP contribution < -0.4 is 0 Å². The molecule has 3 heterocycles. The normalized spacial score (nSPS) is 16.8. The lowest BCUT2D eigenvalue weighted by atomic mass is 9.89. The lowest BCUT2D eigenvalue weighted by Crippen LogP contribution is -2.32. The van der Waals surface area contributed by atoms with Crippen LogP contribution in [-0.4, -0.2) is 28.0 Å². The lowest BCUT2D eigenvalue weighted by molar-refractivity contribution is 0.205. The van der Waals surface area contributed by atoms with Gasteiger partial charge in [-0.3, -0.25) is 4.90 Å². The highest BCUT2D eigenvalue weighted by atomic mass is 35.5. The minimum Gasteiger partial charge on any atom is -0.361 e. The number of hydrogen-bond donors (Lipinski definition) is 1. The molecule has 24 heavy (non-hydrogen) atoms. The first-order valence-corrected chi connectivity index (χ1v) is 9.05. The van der Waals surface area contributed by atoms with Crippen LogP contribution >= 0.6 is 23.2 Å². The summed E-state index contributed by atoms with van der Waals surface area (Å²) < 4.78 is 0. The highest BCUT2D eigenvalue weighted by Gasteiger charge is 2.22. The number of aromatic nitrogens is 2. The summed E-state index contributed by atoms with van der Waals surface area (Å²) in [7, 11) is 0. The van der Waals surface area contributed by atoms with Crippen molar-refractivity contribution in [1.29, 1.82) is 0 Å². The topological polar surface area (TPSA) is 31.9 Å². The molecule has 2 aromatic heterocycles. The fraction of sp³-hybridized carbons (Fsp3) is 0.316. The Morgan fingerprint density at radius 1 is 1.08 bits per heavy atom. The van der Waals surface area contributed by atoms with Gasteiger partial charge in [-0.2, -0.15) is 0 Å². The number of nitrogens with one attached hydrogen (secondary N) is 1. The van der Waals surface area contributed by atoms with E-state index in [0.717, 1.165) is 25.2 Å². The molecule has 3 nitrogen and oxygen atoms in total. The number of fused-ring (bicyclic) bond motifs is 1. The number of H-pyrrole nitrogens is 1. The molecule has 1 aliphatic heterocycles. The number of piperidine rings is 1. The minimum atomic E-state index is 0.464. The molecule has 1 aromatic carbocycles. The number of rotatable bonds is 3. The summed E-state index contributed by atoms with van der Waals surface area (Å²) in [6.45, 7) is 3.05. The van der Waals surface area contributed by atoms with Crippen LogP contribution in [0.2, 0.25) is 10.3 Å². The largest absolute Gasteiger partial charge is 0.361 e.